The number of hydrogen-bond donors (Lipinski definition) is 2. The van der Waals surface area contributed by atoms with Crippen LogP contribution < -0.4 is 10.1 Å². The summed E-state index contributed by atoms with van der Waals surface area (Å²) in [5, 5.41) is 17.6. The quantitative estimate of drug-likeness (QED) is 0.840. The molecule has 0 bridgehead atoms. The monoisotopic (exact) mass is 275 g/mol. The molecule has 5 heteroatoms. The van der Waals surface area contributed by atoms with Gasteiger partial charge in [0.2, 0.25) is 0 Å². The van der Waals surface area contributed by atoms with Crippen LogP contribution in [0.2, 0.25) is 0 Å². The number of rotatable bonds is 6. The van der Waals surface area contributed by atoms with Crippen molar-refractivity contribution in [2.45, 2.75) is 19.6 Å². The van der Waals surface area contributed by atoms with Gasteiger partial charge in [0.1, 0.15) is 5.75 Å². The third-order valence-corrected chi connectivity index (χ3v) is 3.31. The Labute approximate surface area is 119 Å². The van der Waals surface area contributed by atoms with Crippen molar-refractivity contribution in [3.05, 3.63) is 47.3 Å². The second-order valence-electron chi connectivity index (χ2n) is 4.84. The Hall–Kier alpha value is -1.85. The molecule has 1 aromatic heterocycles. The maximum absolute atomic E-state index is 10.3. The van der Waals surface area contributed by atoms with Crippen LogP contribution in [0.25, 0.3) is 0 Å². The molecule has 0 amide bonds. The van der Waals surface area contributed by atoms with Crippen LogP contribution in [0.15, 0.2) is 30.5 Å². The lowest BCUT2D eigenvalue weighted by Crippen LogP contribution is -2.22. The van der Waals surface area contributed by atoms with Gasteiger partial charge in [-0.2, -0.15) is 5.10 Å². The van der Waals surface area contributed by atoms with Crippen molar-refractivity contribution >= 4 is 0 Å². The summed E-state index contributed by atoms with van der Waals surface area (Å²) in [6.07, 6.45) is 1.16. The number of ether oxygens (including phenoxy) is 1. The molecule has 108 valence electrons. The van der Waals surface area contributed by atoms with E-state index in [-0.39, 0.29) is 0 Å². The molecule has 0 aliphatic rings. The highest BCUT2D eigenvalue weighted by Gasteiger charge is 2.13. The van der Waals surface area contributed by atoms with E-state index < -0.39 is 6.10 Å². The predicted molar refractivity (Wildman–Crippen MR) is 77.6 cm³/mol. The minimum absolute atomic E-state index is 0.463. The molecule has 1 atom stereocenters. The van der Waals surface area contributed by atoms with Crippen LogP contribution >= 0.6 is 0 Å². The molecule has 0 saturated heterocycles. The first kappa shape index (κ1) is 14.6. The van der Waals surface area contributed by atoms with Gasteiger partial charge in [0.05, 0.1) is 18.9 Å². The van der Waals surface area contributed by atoms with Gasteiger partial charge < -0.3 is 15.2 Å². The van der Waals surface area contributed by atoms with E-state index in [1.54, 1.807) is 13.3 Å². The maximum Gasteiger partial charge on any atom is 0.124 e. The molecule has 0 spiro atoms. The SMILES string of the molecule is COc1ccc(C)cc1C(O)CNCc1ccnn1C. The Balaban J connectivity index is 1.96. The fourth-order valence-corrected chi connectivity index (χ4v) is 2.14. The lowest BCUT2D eigenvalue weighted by atomic mass is 10.1. The van der Waals surface area contributed by atoms with Crippen LogP contribution in [0, 0.1) is 6.92 Å². The summed E-state index contributed by atoms with van der Waals surface area (Å²) in [6, 6.07) is 7.76. The predicted octanol–water partition coefficient (Wildman–Crippen LogP) is 1.56. The number of benzene rings is 1. The van der Waals surface area contributed by atoms with Gasteiger partial charge in [0.25, 0.3) is 0 Å². The molecule has 0 radical (unpaired) electrons. The second kappa shape index (κ2) is 6.54. The van der Waals surface area contributed by atoms with Gasteiger partial charge in [0, 0.05) is 31.9 Å². The van der Waals surface area contributed by atoms with Crippen molar-refractivity contribution in [2.75, 3.05) is 13.7 Å². The van der Waals surface area contributed by atoms with Crippen LogP contribution in [-0.2, 0) is 13.6 Å². The lowest BCUT2D eigenvalue weighted by Gasteiger charge is -2.16. The molecule has 2 rings (SSSR count). The molecule has 5 nitrogen and oxygen atoms in total. The van der Waals surface area contributed by atoms with Crippen molar-refractivity contribution in [3.8, 4) is 5.75 Å². The number of aliphatic hydroxyl groups is 1. The van der Waals surface area contributed by atoms with E-state index in [2.05, 4.69) is 10.4 Å². The number of aliphatic hydroxyl groups excluding tert-OH is 1. The summed E-state index contributed by atoms with van der Waals surface area (Å²) in [5.41, 5.74) is 2.99. The first-order valence-corrected chi connectivity index (χ1v) is 6.62. The van der Waals surface area contributed by atoms with Gasteiger partial charge in [-0.25, -0.2) is 0 Å². The van der Waals surface area contributed by atoms with Gasteiger partial charge in [-0.3, -0.25) is 4.68 Å². The molecule has 0 aliphatic carbocycles. The van der Waals surface area contributed by atoms with Crippen molar-refractivity contribution in [3.63, 3.8) is 0 Å². The Bertz CT molecular complexity index is 566. The van der Waals surface area contributed by atoms with Crippen LogP contribution in [0.3, 0.4) is 0 Å². The molecular formula is C15H21N3O2. The number of nitrogens with zero attached hydrogens (tertiary/aromatic N) is 2. The van der Waals surface area contributed by atoms with E-state index in [0.29, 0.717) is 18.8 Å². The van der Waals surface area contributed by atoms with E-state index in [9.17, 15) is 5.11 Å². The normalized spacial score (nSPS) is 12.4. The number of methoxy groups -OCH3 is 1. The third kappa shape index (κ3) is 3.37. The third-order valence-electron chi connectivity index (χ3n) is 3.31. The number of aromatic nitrogens is 2. The zero-order valence-electron chi connectivity index (χ0n) is 12.1. The first-order valence-electron chi connectivity index (χ1n) is 6.62. The van der Waals surface area contributed by atoms with Crippen LogP contribution in [-0.4, -0.2) is 28.5 Å². The molecule has 0 saturated carbocycles. The average Bonchev–Trinajstić information content (AvgIpc) is 2.84. The summed E-state index contributed by atoms with van der Waals surface area (Å²) in [4.78, 5) is 0. The van der Waals surface area contributed by atoms with E-state index >= 15 is 0 Å². The fraction of sp³-hybridized carbons (Fsp3) is 0.400. The second-order valence-corrected chi connectivity index (χ2v) is 4.84. The minimum Gasteiger partial charge on any atom is -0.496 e. The highest BCUT2D eigenvalue weighted by atomic mass is 16.5. The van der Waals surface area contributed by atoms with Crippen molar-refractivity contribution < 1.29 is 9.84 Å². The Morgan fingerprint density at radius 2 is 2.20 bits per heavy atom. The van der Waals surface area contributed by atoms with Crippen molar-refractivity contribution in [2.24, 2.45) is 7.05 Å². The Morgan fingerprint density at radius 1 is 1.40 bits per heavy atom. The highest BCUT2D eigenvalue weighted by molar-refractivity contribution is 5.38. The van der Waals surface area contributed by atoms with Crippen LogP contribution in [0.1, 0.15) is 22.9 Å². The van der Waals surface area contributed by atoms with E-state index in [0.717, 1.165) is 16.8 Å². The molecule has 1 aromatic carbocycles. The fourth-order valence-electron chi connectivity index (χ4n) is 2.14. The topological polar surface area (TPSA) is 59.3 Å². The number of aryl methyl sites for hydroxylation is 2. The van der Waals surface area contributed by atoms with Crippen molar-refractivity contribution in [1.29, 1.82) is 0 Å². The highest BCUT2D eigenvalue weighted by Crippen LogP contribution is 2.25. The molecule has 2 aromatic rings. The van der Waals surface area contributed by atoms with Crippen LogP contribution in [0.4, 0.5) is 0 Å². The Morgan fingerprint density at radius 3 is 2.85 bits per heavy atom. The summed E-state index contributed by atoms with van der Waals surface area (Å²) < 4.78 is 7.10. The summed E-state index contributed by atoms with van der Waals surface area (Å²) in [5.74, 6) is 0.713. The van der Waals surface area contributed by atoms with E-state index in [1.165, 1.54) is 0 Å². The smallest absolute Gasteiger partial charge is 0.124 e. The van der Waals surface area contributed by atoms with Gasteiger partial charge in [-0.15, -0.1) is 0 Å². The standard InChI is InChI=1S/C15H21N3O2/c1-11-4-5-15(20-3)13(8-11)14(19)10-16-9-12-6-7-17-18(12)2/h4-8,14,16,19H,9-10H2,1-3H3. The van der Waals surface area contributed by atoms with Gasteiger partial charge in [-0.05, 0) is 25.1 Å². The zero-order valence-corrected chi connectivity index (χ0v) is 12.1. The number of nitrogens with one attached hydrogen (secondary N) is 1. The molecular weight excluding hydrogens is 254 g/mol. The molecule has 2 N–H and O–H groups in total. The summed E-state index contributed by atoms with van der Waals surface area (Å²) >= 11 is 0. The summed E-state index contributed by atoms with van der Waals surface area (Å²) in [6.45, 7) is 3.13. The van der Waals surface area contributed by atoms with Gasteiger partial charge in [-0.1, -0.05) is 11.6 Å². The molecule has 0 aliphatic heterocycles. The minimum atomic E-state index is -0.599. The summed E-state index contributed by atoms with van der Waals surface area (Å²) in [7, 11) is 3.51. The zero-order chi connectivity index (χ0) is 14.5. The Kier molecular flexibility index (Phi) is 4.76. The van der Waals surface area contributed by atoms with Gasteiger partial charge in [0.15, 0.2) is 0 Å². The maximum atomic E-state index is 10.3. The lowest BCUT2D eigenvalue weighted by molar-refractivity contribution is 0.170. The molecule has 0 fully saturated rings. The average molecular weight is 275 g/mol. The van der Waals surface area contributed by atoms with Gasteiger partial charge >= 0.3 is 0 Å². The van der Waals surface area contributed by atoms with E-state index in [1.807, 2.05) is 42.9 Å². The van der Waals surface area contributed by atoms with Crippen molar-refractivity contribution in [1.82, 2.24) is 15.1 Å². The molecule has 1 unspecified atom stereocenters. The molecule has 20 heavy (non-hydrogen) atoms. The van der Waals surface area contributed by atoms with Crippen LogP contribution in [0.5, 0.6) is 5.75 Å². The van der Waals surface area contributed by atoms with E-state index in [4.69, 9.17) is 4.74 Å². The molecule has 1 heterocycles. The largest absolute Gasteiger partial charge is 0.496 e. The first-order chi connectivity index (χ1) is 9.61. The number of hydrogen-bond acceptors (Lipinski definition) is 4.